The topological polar surface area (TPSA) is 346 Å². The van der Waals surface area contributed by atoms with Gasteiger partial charge in [-0.3, -0.25) is 73.5 Å². The Morgan fingerprint density at radius 1 is 0.380 bits per heavy atom. The SMILES string of the molecule is CC(=O)c1cc(C(=O)Cl)cc([N+](=O)[O-])c1.CC(=O)c1cc(C(=O)O)cc([N+](=O)[O-])c1.CC(=O)c1cc(C(C)=O)cc([N+](=O)[O-])c1.CC(=O)c1cc(C)cc(C(C)=O)c1.CC(=O)c1cc(N)cc(C(C)=O)c1. The summed E-state index contributed by atoms with van der Waals surface area (Å²) in [6.07, 6.45) is 0. The molecule has 0 aliphatic rings. The number of Topliss-reactive ketones (excluding diaryl/α,β-unsaturated/α-hetero) is 8. The molecule has 5 rings (SSSR count). The molecule has 5 aromatic rings. The number of halogens is 1. The van der Waals surface area contributed by atoms with E-state index in [1.54, 1.807) is 36.4 Å². The summed E-state index contributed by atoms with van der Waals surface area (Å²) in [4.78, 5) is 139. The molecule has 3 N–H and O–H groups in total. The molecule has 0 heterocycles. The van der Waals surface area contributed by atoms with Gasteiger partial charge in [0.1, 0.15) is 0 Å². The van der Waals surface area contributed by atoms with Crippen LogP contribution in [0.1, 0.15) is 165 Å². The number of nitrogens with two attached hydrogens (primary N) is 1. The molecule has 0 radical (unpaired) electrons. The predicted octanol–water partition coefficient (Wildman–Crippen LogP) is 9.75. The van der Waals surface area contributed by atoms with Gasteiger partial charge in [-0.15, -0.1) is 0 Å². The van der Waals surface area contributed by atoms with Crippen molar-refractivity contribution in [3.05, 3.63) is 183 Å². The number of rotatable bonds is 13. The lowest BCUT2D eigenvalue weighted by atomic mass is 10.0. The van der Waals surface area contributed by atoms with E-state index in [0.717, 1.165) is 48.0 Å². The van der Waals surface area contributed by atoms with E-state index >= 15 is 0 Å². The van der Waals surface area contributed by atoms with Crippen molar-refractivity contribution in [2.45, 2.75) is 62.3 Å². The number of aryl methyl sites for hydroxylation is 1. The van der Waals surface area contributed by atoms with E-state index in [0.29, 0.717) is 27.9 Å². The number of carboxylic acids is 1. The van der Waals surface area contributed by atoms with E-state index in [2.05, 4.69) is 0 Å². The van der Waals surface area contributed by atoms with Crippen molar-refractivity contribution in [3.8, 4) is 0 Å². The smallest absolute Gasteiger partial charge is 0.335 e. The summed E-state index contributed by atoms with van der Waals surface area (Å²) in [5.74, 6) is -2.88. The minimum atomic E-state index is -1.30. The quantitative estimate of drug-likeness (QED) is 0.0364. The Bertz CT molecular complexity index is 2450. The Labute approximate surface area is 409 Å². The highest BCUT2D eigenvalue weighted by Crippen LogP contribution is 2.21. The van der Waals surface area contributed by atoms with Crippen LogP contribution in [0.5, 0.6) is 0 Å². The maximum Gasteiger partial charge on any atom is 0.335 e. The monoisotopic (exact) mass is 996 g/mol. The number of ketones is 8. The molecular weight excluding hydrogens is 952 g/mol. The van der Waals surface area contributed by atoms with Gasteiger partial charge in [0.15, 0.2) is 46.3 Å². The number of carbonyl (C=O) groups excluding carboxylic acids is 9. The van der Waals surface area contributed by atoms with E-state index in [4.69, 9.17) is 22.4 Å². The molecule has 5 aromatic carbocycles. The third-order valence-corrected chi connectivity index (χ3v) is 9.36. The third kappa shape index (κ3) is 19.9. The minimum absolute atomic E-state index is 0.00815. The Hall–Kier alpha value is -9.11. The number of nitrogen functional groups attached to an aromatic ring is 1. The van der Waals surface area contributed by atoms with Gasteiger partial charge in [-0.1, -0.05) is 0 Å². The van der Waals surface area contributed by atoms with Crippen molar-refractivity contribution >= 4 is 91.8 Å². The molecule has 21 nitrogen and oxygen atoms in total. The minimum Gasteiger partial charge on any atom is -0.478 e. The van der Waals surface area contributed by atoms with Crippen LogP contribution in [0.2, 0.25) is 0 Å². The number of carboxylic acid groups (broad SMARTS) is 1. The predicted molar refractivity (Wildman–Crippen MR) is 259 cm³/mol. The molecule has 0 atom stereocenters. The van der Waals surface area contributed by atoms with Crippen LogP contribution in [0, 0.1) is 37.3 Å². The first-order chi connectivity index (χ1) is 32.7. The van der Waals surface area contributed by atoms with Gasteiger partial charge in [0, 0.05) is 92.2 Å². The number of benzene rings is 5. The number of non-ortho nitro benzene ring substituents is 3. The normalized spacial score (nSPS) is 9.72. The first-order valence-electron chi connectivity index (χ1n) is 20.2. The van der Waals surface area contributed by atoms with E-state index in [1.165, 1.54) is 67.5 Å². The molecule has 0 aliphatic heterocycles. The zero-order valence-electron chi connectivity index (χ0n) is 39.4. The van der Waals surface area contributed by atoms with E-state index < -0.39 is 37.5 Å². The third-order valence-electron chi connectivity index (χ3n) is 9.14. The standard InChI is InChI=1S/C11H12O2.C10H9NO4.C10H11NO2.C9H6ClNO4.C9H7NO5/c1-7-4-10(8(2)12)6-11(5-7)9(3)13;1-6(12)8-3-9(7(2)13)5-10(4-8)11(14)15;1-6(12)8-3-9(7(2)13)5-10(11)4-8;1-5(12)6-2-7(9(10)13)4-8(3-6)11(14)15;1-5(11)6-2-7(9(12)13)4-8(3-6)10(14)15/h4-6H,1-3H3;3-5H,1-2H3;3-5H,11H2,1-2H3;2-4H,1H3;2-4H,1H3,(H,12,13). The maximum absolute atomic E-state index is 11.1. The number of nitro groups is 3. The molecular formula is C49H45ClN4O17. The molecule has 0 amide bonds. The summed E-state index contributed by atoms with van der Waals surface area (Å²) >= 11 is 5.18. The zero-order chi connectivity index (χ0) is 54.8. The van der Waals surface area contributed by atoms with Crippen LogP contribution in [0.15, 0.2) is 91.0 Å². The molecule has 0 saturated carbocycles. The summed E-state index contributed by atoms with van der Waals surface area (Å²) in [6.45, 7) is 12.8. The zero-order valence-corrected chi connectivity index (χ0v) is 40.2. The van der Waals surface area contributed by atoms with Gasteiger partial charge in [-0.05, 0) is 134 Å². The van der Waals surface area contributed by atoms with Crippen molar-refractivity contribution in [3.63, 3.8) is 0 Å². The fraction of sp³-hybridized carbons (Fsp3) is 0.184. The van der Waals surface area contributed by atoms with Crippen LogP contribution in [-0.2, 0) is 0 Å². The number of anilines is 1. The average Bonchev–Trinajstić information content (AvgIpc) is 3.28. The number of hydrogen-bond donors (Lipinski definition) is 2. The number of nitrogens with zero attached hydrogens (tertiary/aromatic N) is 3. The highest BCUT2D eigenvalue weighted by Gasteiger charge is 2.17. The lowest BCUT2D eigenvalue weighted by Crippen LogP contribution is -2.02. The summed E-state index contributed by atoms with van der Waals surface area (Å²) in [5.41, 5.74) is 8.23. The molecule has 370 valence electrons. The summed E-state index contributed by atoms with van der Waals surface area (Å²) in [6, 6.07) is 20.0. The second-order valence-corrected chi connectivity index (χ2v) is 15.4. The fourth-order valence-electron chi connectivity index (χ4n) is 5.45. The van der Waals surface area contributed by atoms with E-state index in [1.807, 2.05) is 6.92 Å². The first-order valence-corrected chi connectivity index (χ1v) is 20.5. The van der Waals surface area contributed by atoms with Crippen LogP contribution in [0.25, 0.3) is 0 Å². The molecule has 0 fully saturated rings. The van der Waals surface area contributed by atoms with Crippen LogP contribution < -0.4 is 5.73 Å². The van der Waals surface area contributed by atoms with E-state index in [9.17, 15) is 78.3 Å². The first kappa shape index (κ1) is 59.9. The average molecular weight is 997 g/mol. The van der Waals surface area contributed by atoms with Gasteiger partial charge < -0.3 is 10.8 Å². The molecule has 0 unspecified atom stereocenters. The lowest BCUT2D eigenvalue weighted by Gasteiger charge is -2.01. The molecule has 0 bridgehead atoms. The lowest BCUT2D eigenvalue weighted by molar-refractivity contribution is -0.385. The number of nitro benzene ring substituents is 3. The Morgan fingerprint density at radius 3 is 0.803 bits per heavy atom. The highest BCUT2D eigenvalue weighted by molar-refractivity contribution is 6.67. The Morgan fingerprint density at radius 2 is 0.577 bits per heavy atom. The van der Waals surface area contributed by atoms with Crippen LogP contribution in [0.3, 0.4) is 0 Å². The van der Waals surface area contributed by atoms with Gasteiger partial charge in [0.05, 0.1) is 20.3 Å². The molecule has 0 saturated heterocycles. The van der Waals surface area contributed by atoms with Crippen molar-refractivity contribution in [1.82, 2.24) is 0 Å². The Balaban J connectivity index is 0.000000444. The highest BCUT2D eigenvalue weighted by atomic mass is 35.5. The van der Waals surface area contributed by atoms with Crippen molar-refractivity contribution in [2.75, 3.05) is 5.73 Å². The second-order valence-electron chi connectivity index (χ2n) is 15.0. The number of aromatic carboxylic acids is 1. The van der Waals surface area contributed by atoms with Gasteiger partial charge in [-0.2, -0.15) is 0 Å². The molecule has 71 heavy (non-hydrogen) atoms. The Kier molecular flexibility index (Phi) is 22.8. The van der Waals surface area contributed by atoms with Crippen molar-refractivity contribution in [1.29, 1.82) is 0 Å². The van der Waals surface area contributed by atoms with Crippen LogP contribution >= 0.6 is 11.6 Å². The summed E-state index contributed by atoms with van der Waals surface area (Å²) in [5, 5.41) is 39.3. The van der Waals surface area contributed by atoms with Crippen LogP contribution in [0.4, 0.5) is 22.7 Å². The summed E-state index contributed by atoms with van der Waals surface area (Å²) in [7, 11) is 0. The molecule has 0 spiro atoms. The maximum atomic E-state index is 11.1. The molecule has 22 heteroatoms. The fourth-order valence-corrected chi connectivity index (χ4v) is 5.56. The molecule has 0 aromatic heterocycles. The number of hydrogen-bond acceptors (Lipinski definition) is 17. The van der Waals surface area contributed by atoms with Crippen molar-refractivity contribution < 1.29 is 67.8 Å². The van der Waals surface area contributed by atoms with Crippen molar-refractivity contribution in [2.24, 2.45) is 0 Å². The van der Waals surface area contributed by atoms with Gasteiger partial charge >= 0.3 is 5.97 Å². The molecule has 0 aliphatic carbocycles. The second kappa shape index (κ2) is 27.0. The summed E-state index contributed by atoms with van der Waals surface area (Å²) < 4.78 is 0. The van der Waals surface area contributed by atoms with Gasteiger partial charge in [0.2, 0.25) is 0 Å². The van der Waals surface area contributed by atoms with Gasteiger partial charge in [-0.25, -0.2) is 4.79 Å². The van der Waals surface area contributed by atoms with Gasteiger partial charge in [0.25, 0.3) is 22.3 Å². The number of carbonyl (C=O) groups is 10. The largest absolute Gasteiger partial charge is 0.478 e. The van der Waals surface area contributed by atoms with E-state index in [-0.39, 0.29) is 85.2 Å². The van der Waals surface area contributed by atoms with Crippen LogP contribution in [-0.4, -0.2) is 77.4 Å².